The van der Waals surface area contributed by atoms with E-state index < -0.39 is 11.5 Å². The predicted octanol–water partition coefficient (Wildman–Crippen LogP) is 2.54. The maximum absolute atomic E-state index is 10.8. The Labute approximate surface area is 103 Å². The van der Waals surface area contributed by atoms with E-state index in [4.69, 9.17) is 10.4 Å². The van der Waals surface area contributed by atoms with Gasteiger partial charge in [0.05, 0.1) is 0 Å². The van der Waals surface area contributed by atoms with Gasteiger partial charge in [0.1, 0.15) is 17.4 Å². The second kappa shape index (κ2) is 4.60. The highest BCUT2D eigenvalue weighted by atomic mass is 16.4. The second-order valence-corrected chi connectivity index (χ2v) is 3.69. The number of hydrogen-bond donors (Lipinski definition) is 2. The average molecular weight is 239 g/mol. The fraction of sp³-hybridized carbons (Fsp3) is 0. The SMILES string of the molecule is N#CC(=Cc1c(O)ccc2ccccc12)C(=O)O. The Morgan fingerprint density at radius 3 is 2.61 bits per heavy atom. The first kappa shape index (κ1) is 11.7. The zero-order valence-corrected chi connectivity index (χ0v) is 9.29. The molecular weight excluding hydrogens is 230 g/mol. The summed E-state index contributed by atoms with van der Waals surface area (Å²) in [5, 5.41) is 28.9. The van der Waals surface area contributed by atoms with Crippen molar-refractivity contribution in [3.63, 3.8) is 0 Å². The minimum absolute atomic E-state index is 0.0531. The summed E-state index contributed by atoms with van der Waals surface area (Å²) in [6.45, 7) is 0. The van der Waals surface area contributed by atoms with Crippen molar-refractivity contribution in [3.05, 3.63) is 47.5 Å². The molecule has 0 spiro atoms. The van der Waals surface area contributed by atoms with E-state index in [9.17, 15) is 9.90 Å². The van der Waals surface area contributed by atoms with Crippen molar-refractivity contribution in [3.8, 4) is 11.8 Å². The molecule has 2 rings (SSSR count). The number of fused-ring (bicyclic) bond motifs is 1. The molecule has 0 saturated carbocycles. The third-order valence-corrected chi connectivity index (χ3v) is 2.59. The number of carboxylic acids is 1. The van der Waals surface area contributed by atoms with Crippen LogP contribution in [0.5, 0.6) is 5.75 Å². The molecule has 0 amide bonds. The highest BCUT2D eigenvalue weighted by molar-refractivity contribution is 6.01. The molecule has 0 atom stereocenters. The Bertz CT molecular complexity index is 696. The summed E-state index contributed by atoms with van der Waals surface area (Å²) in [5.74, 6) is -1.37. The van der Waals surface area contributed by atoms with E-state index in [-0.39, 0.29) is 5.75 Å². The molecule has 4 nitrogen and oxygen atoms in total. The van der Waals surface area contributed by atoms with Gasteiger partial charge in [0, 0.05) is 5.56 Å². The molecular formula is C14H9NO3. The third-order valence-electron chi connectivity index (χ3n) is 2.59. The lowest BCUT2D eigenvalue weighted by molar-refractivity contribution is -0.132. The van der Waals surface area contributed by atoms with Gasteiger partial charge in [-0.2, -0.15) is 5.26 Å². The van der Waals surface area contributed by atoms with Gasteiger partial charge < -0.3 is 10.2 Å². The summed E-state index contributed by atoms with van der Waals surface area (Å²) < 4.78 is 0. The van der Waals surface area contributed by atoms with Crippen molar-refractivity contribution in [2.75, 3.05) is 0 Å². The topological polar surface area (TPSA) is 81.3 Å². The first-order valence-electron chi connectivity index (χ1n) is 5.19. The minimum atomic E-state index is -1.31. The van der Waals surface area contributed by atoms with Gasteiger partial charge in [0.2, 0.25) is 0 Å². The molecule has 2 aromatic rings. The molecule has 0 fully saturated rings. The van der Waals surface area contributed by atoms with E-state index >= 15 is 0 Å². The fourth-order valence-corrected chi connectivity index (χ4v) is 1.72. The van der Waals surface area contributed by atoms with Crippen LogP contribution in [0.2, 0.25) is 0 Å². The first-order valence-corrected chi connectivity index (χ1v) is 5.19. The molecule has 0 saturated heterocycles. The van der Waals surface area contributed by atoms with Crippen molar-refractivity contribution in [1.29, 1.82) is 5.26 Å². The highest BCUT2D eigenvalue weighted by Gasteiger charge is 2.10. The summed E-state index contributed by atoms with van der Waals surface area (Å²) in [5.41, 5.74) is -0.0753. The van der Waals surface area contributed by atoms with Gasteiger partial charge in [-0.15, -0.1) is 0 Å². The monoisotopic (exact) mass is 239 g/mol. The van der Waals surface area contributed by atoms with Crippen LogP contribution >= 0.6 is 0 Å². The van der Waals surface area contributed by atoms with E-state index in [1.165, 1.54) is 12.1 Å². The average Bonchev–Trinajstić information content (AvgIpc) is 2.37. The van der Waals surface area contributed by atoms with E-state index in [1.54, 1.807) is 24.3 Å². The summed E-state index contributed by atoms with van der Waals surface area (Å²) in [7, 11) is 0. The Balaban J connectivity index is 2.75. The van der Waals surface area contributed by atoms with Crippen molar-refractivity contribution < 1.29 is 15.0 Å². The largest absolute Gasteiger partial charge is 0.507 e. The van der Waals surface area contributed by atoms with Gasteiger partial charge in [-0.25, -0.2) is 4.79 Å². The van der Waals surface area contributed by atoms with Crippen LogP contribution in [0.4, 0.5) is 0 Å². The van der Waals surface area contributed by atoms with E-state index in [1.807, 2.05) is 12.1 Å². The van der Waals surface area contributed by atoms with Gasteiger partial charge >= 0.3 is 5.97 Å². The Morgan fingerprint density at radius 1 is 1.22 bits per heavy atom. The number of carboxylic acid groups (broad SMARTS) is 1. The van der Waals surface area contributed by atoms with Gasteiger partial charge in [-0.05, 0) is 22.9 Å². The molecule has 2 aromatic carbocycles. The Morgan fingerprint density at radius 2 is 1.94 bits per heavy atom. The number of aromatic hydroxyl groups is 1. The number of nitriles is 1. The van der Waals surface area contributed by atoms with E-state index in [0.29, 0.717) is 10.9 Å². The van der Waals surface area contributed by atoms with Gasteiger partial charge in [-0.3, -0.25) is 0 Å². The zero-order valence-electron chi connectivity index (χ0n) is 9.29. The van der Waals surface area contributed by atoms with Crippen molar-refractivity contribution in [1.82, 2.24) is 0 Å². The van der Waals surface area contributed by atoms with E-state index in [2.05, 4.69) is 0 Å². The Kier molecular flexibility index (Phi) is 2.98. The van der Waals surface area contributed by atoms with Crippen molar-refractivity contribution >= 4 is 22.8 Å². The minimum Gasteiger partial charge on any atom is -0.507 e. The standard InChI is InChI=1S/C14H9NO3/c15-8-10(14(17)18)7-12-11-4-2-1-3-9(11)5-6-13(12)16/h1-7,16H,(H,17,18). The summed E-state index contributed by atoms with van der Waals surface area (Å²) in [6.07, 6.45) is 1.18. The molecule has 2 N–H and O–H groups in total. The van der Waals surface area contributed by atoms with E-state index in [0.717, 1.165) is 5.39 Å². The van der Waals surface area contributed by atoms with Crippen LogP contribution < -0.4 is 0 Å². The molecule has 0 aliphatic heterocycles. The number of carbonyl (C=O) groups is 1. The van der Waals surface area contributed by atoms with Crippen LogP contribution in [-0.4, -0.2) is 16.2 Å². The van der Waals surface area contributed by atoms with Gasteiger partial charge in [-0.1, -0.05) is 30.3 Å². The summed E-state index contributed by atoms with van der Waals surface area (Å²) >= 11 is 0. The summed E-state index contributed by atoms with van der Waals surface area (Å²) in [6, 6.07) is 12.0. The van der Waals surface area contributed by atoms with Gasteiger partial charge in [0.25, 0.3) is 0 Å². The van der Waals surface area contributed by atoms with Crippen molar-refractivity contribution in [2.45, 2.75) is 0 Å². The molecule has 0 aliphatic rings. The van der Waals surface area contributed by atoms with Crippen LogP contribution in [0.3, 0.4) is 0 Å². The number of aliphatic carboxylic acids is 1. The molecule has 88 valence electrons. The number of rotatable bonds is 2. The molecule has 0 radical (unpaired) electrons. The van der Waals surface area contributed by atoms with Crippen LogP contribution in [0, 0.1) is 11.3 Å². The lowest BCUT2D eigenvalue weighted by atomic mass is 10.0. The smallest absolute Gasteiger partial charge is 0.346 e. The number of phenols is 1. The van der Waals surface area contributed by atoms with Crippen LogP contribution in [-0.2, 0) is 4.79 Å². The summed E-state index contributed by atoms with van der Waals surface area (Å²) in [4.78, 5) is 10.8. The second-order valence-electron chi connectivity index (χ2n) is 3.69. The normalized spacial score (nSPS) is 11.2. The van der Waals surface area contributed by atoms with Crippen LogP contribution in [0.15, 0.2) is 42.0 Å². The maximum atomic E-state index is 10.8. The number of benzene rings is 2. The molecule has 4 heteroatoms. The third kappa shape index (κ3) is 2.02. The fourth-order valence-electron chi connectivity index (χ4n) is 1.72. The number of hydrogen-bond acceptors (Lipinski definition) is 3. The predicted molar refractivity (Wildman–Crippen MR) is 66.8 cm³/mol. The molecule has 0 aromatic heterocycles. The number of nitrogens with zero attached hydrogens (tertiary/aromatic N) is 1. The van der Waals surface area contributed by atoms with Gasteiger partial charge in [0.15, 0.2) is 0 Å². The highest BCUT2D eigenvalue weighted by Crippen LogP contribution is 2.29. The molecule has 18 heavy (non-hydrogen) atoms. The first-order chi connectivity index (χ1) is 8.63. The van der Waals surface area contributed by atoms with Crippen LogP contribution in [0.1, 0.15) is 5.56 Å². The quantitative estimate of drug-likeness (QED) is 0.623. The number of phenolic OH excluding ortho intramolecular Hbond substituents is 1. The Hall–Kier alpha value is -2.80. The zero-order chi connectivity index (χ0) is 13.1. The van der Waals surface area contributed by atoms with Crippen molar-refractivity contribution in [2.24, 2.45) is 0 Å². The molecule has 0 aliphatic carbocycles. The maximum Gasteiger partial charge on any atom is 0.346 e. The molecule has 0 unspecified atom stereocenters. The lowest BCUT2D eigenvalue weighted by Crippen LogP contribution is -1.97. The van der Waals surface area contributed by atoms with Crippen LogP contribution in [0.25, 0.3) is 16.8 Å². The molecule has 0 heterocycles. The lowest BCUT2D eigenvalue weighted by Gasteiger charge is -2.05. The molecule has 0 bridgehead atoms.